The normalized spacial score (nSPS) is 16.0. The van der Waals surface area contributed by atoms with Crippen molar-refractivity contribution in [3.05, 3.63) is 36.3 Å². The summed E-state index contributed by atoms with van der Waals surface area (Å²) in [5.41, 5.74) is 3.38. The fourth-order valence-electron chi connectivity index (χ4n) is 2.83. The Morgan fingerprint density at radius 3 is 2.95 bits per heavy atom. The van der Waals surface area contributed by atoms with E-state index in [-0.39, 0.29) is 0 Å². The average molecular weight is 256 g/mol. The lowest BCUT2D eigenvalue weighted by atomic mass is 10.1. The van der Waals surface area contributed by atoms with Gasteiger partial charge in [-0.25, -0.2) is 0 Å². The van der Waals surface area contributed by atoms with Crippen LogP contribution in [0.1, 0.15) is 31.2 Å². The quantitative estimate of drug-likeness (QED) is 0.865. The molecule has 1 aliphatic rings. The zero-order chi connectivity index (χ0) is 12.9. The second-order valence-electron chi connectivity index (χ2n) is 5.29. The maximum Gasteiger partial charge on any atom is 0.0710 e. The molecule has 0 amide bonds. The number of aromatic amines is 1. The highest BCUT2D eigenvalue weighted by atomic mass is 15.1. The molecule has 100 valence electrons. The summed E-state index contributed by atoms with van der Waals surface area (Å²) < 4.78 is 0. The van der Waals surface area contributed by atoms with Crippen LogP contribution in [0.15, 0.2) is 30.7 Å². The molecular formula is C15H20N4. The van der Waals surface area contributed by atoms with Crippen LogP contribution in [-0.2, 0) is 6.54 Å². The van der Waals surface area contributed by atoms with E-state index >= 15 is 0 Å². The van der Waals surface area contributed by atoms with Crippen LogP contribution in [0.3, 0.4) is 0 Å². The van der Waals surface area contributed by atoms with Gasteiger partial charge in [0.15, 0.2) is 0 Å². The molecule has 0 saturated heterocycles. The summed E-state index contributed by atoms with van der Waals surface area (Å²) in [6, 6.07) is 4.01. The molecule has 0 aromatic carbocycles. The average Bonchev–Trinajstić information content (AvgIpc) is 3.11. The van der Waals surface area contributed by atoms with E-state index in [1.54, 1.807) is 6.20 Å². The van der Waals surface area contributed by atoms with Crippen molar-refractivity contribution < 1.29 is 0 Å². The highest BCUT2D eigenvalue weighted by Gasteiger charge is 2.14. The highest BCUT2D eigenvalue weighted by molar-refractivity contribution is 5.61. The maximum absolute atomic E-state index is 4.16. The lowest BCUT2D eigenvalue weighted by molar-refractivity contribution is 0.489. The van der Waals surface area contributed by atoms with Gasteiger partial charge in [0.05, 0.1) is 11.9 Å². The summed E-state index contributed by atoms with van der Waals surface area (Å²) in [7, 11) is 0. The number of nitrogens with zero attached hydrogens (tertiary/aromatic N) is 2. The monoisotopic (exact) mass is 256 g/mol. The Morgan fingerprint density at radius 2 is 2.16 bits per heavy atom. The van der Waals surface area contributed by atoms with E-state index in [0.717, 1.165) is 30.3 Å². The Kier molecular flexibility index (Phi) is 3.89. The van der Waals surface area contributed by atoms with Gasteiger partial charge in [0, 0.05) is 30.1 Å². The third-order valence-electron chi connectivity index (χ3n) is 3.89. The molecule has 2 aromatic rings. The zero-order valence-electron chi connectivity index (χ0n) is 11.1. The summed E-state index contributed by atoms with van der Waals surface area (Å²) in [4.78, 5) is 4.16. The van der Waals surface area contributed by atoms with E-state index in [1.165, 1.54) is 31.2 Å². The molecule has 2 N–H and O–H groups in total. The molecule has 2 heterocycles. The molecule has 0 spiro atoms. The Bertz CT molecular complexity index is 500. The van der Waals surface area contributed by atoms with Gasteiger partial charge in [-0.05, 0) is 37.4 Å². The van der Waals surface area contributed by atoms with Crippen LogP contribution in [0.5, 0.6) is 0 Å². The number of nitrogens with one attached hydrogen (secondary N) is 2. The van der Waals surface area contributed by atoms with E-state index in [9.17, 15) is 0 Å². The fraction of sp³-hybridized carbons (Fsp3) is 0.467. The minimum atomic E-state index is 0.869. The van der Waals surface area contributed by atoms with Gasteiger partial charge in [-0.3, -0.25) is 10.1 Å². The van der Waals surface area contributed by atoms with Crippen LogP contribution in [0.25, 0.3) is 11.3 Å². The Labute approximate surface area is 113 Å². The minimum Gasteiger partial charge on any atom is -0.312 e. The molecule has 19 heavy (non-hydrogen) atoms. The highest BCUT2D eigenvalue weighted by Crippen LogP contribution is 2.24. The Balaban J connectivity index is 1.61. The first-order valence-electron chi connectivity index (χ1n) is 7.07. The third-order valence-corrected chi connectivity index (χ3v) is 3.89. The van der Waals surface area contributed by atoms with Gasteiger partial charge in [0.25, 0.3) is 0 Å². The van der Waals surface area contributed by atoms with Crippen molar-refractivity contribution in [3.63, 3.8) is 0 Å². The summed E-state index contributed by atoms with van der Waals surface area (Å²) in [6.45, 7) is 1.99. The van der Waals surface area contributed by atoms with Crippen LogP contribution >= 0.6 is 0 Å². The SMILES string of the molecule is c1cncc(-c2[nH]ncc2CNCC2CCCC2)c1. The topological polar surface area (TPSA) is 53.6 Å². The Morgan fingerprint density at radius 1 is 1.26 bits per heavy atom. The Hall–Kier alpha value is -1.68. The fourth-order valence-corrected chi connectivity index (χ4v) is 2.83. The summed E-state index contributed by atoms with van der Waals surface area (Å²) >= 11 is 0. The molecule has 4 nitrogen and oxygen atoms in total. The van der Waals surface area contributed by atoms with Crippen LogP contribution < -0.4 is 5.32 Å². The van der Waals surface area contributed by atoms with Crippen LogP contribution in [0.4, 0.5) is 0 Å². The van der Waals surface area contributed by atoms with Gasteiger partial charge in [0.2, 0.25) is 0 Å². The number of H-pyrrole nitrogens is 1. The van der Waals surface area contributed by atoms with Crippen molar-refractivity contribution >= 4 is 0 Å². The smallest absolute Gasteiger partial charge is 0.0710 e. The van der Waals surface area contributed by atoms with Gasteiger partial charge in [0.1, 0.15) is 0 Å². The zero-order valence-corrected chi connectivity index (χ0v) is 11.1. The predicted molar refractivity (Wildman–Crippen MR) is 75.5 cm³/mol. The first-order chi connectivity index (χ1) is 9.43. The molecule has 1 fully saturated rings. The second-order valence-corrected chi connectivity index (χ2v) is 5.29. The van der Waals surface area contributed by atoms with E-state index in [4.69, 9.17) is 0 Å². The first kappa shape index (κ1) is 12.4. The van der Waals surface area contributed by atoms with Crippen molar-refractivity contribution in [1.29, 1.82) is 0 Å². The number of rotatable bonds is 5. The molecule has 0 unspecified atom stereocenters. The summed E-state index contributed by atoms with van der Waals surface area (Å²) in [6.07, 6.45) is 11.1. The van der Waals surface area contributed by atoms with Crippen molar-refractivity contribution in [1.82, 2.24) is 20.5 Å². The van der Waals surface area contributed by atoms with Crippen molar-refractivity contribution in [2.75, 3.05) is 6.54 Å². The van der Waals surface area contributed by atoms with Crippen molar-refractivity contribution in [2.45, 2.75) is 32.2 Å². The molecule has 0 bridgehead atoms. The van der Waals surface area contributed by atoms with Gasteiger partial charge in [-0.1, -0.05) is 12.8 Å². The maximum atomic E-state index is 4.16. The van der Waals surface area contributed by atoms with Gasteiger partial charge in [-0.2, -0.15) is 5.10 Å². The lowest BCUT2D eigenvalue weighted by Crippen LogP contribution is -2.20. The first-order valence-corrected chi connectivity index (χ1v) is 7.07. The molecule has 2 aromatic heterocycles. The number of aromatic nitrogens is 3. The van der Waals surface area contributed by atoms with E-state index in [0.29, 0.717) is 0 Å². The van der Waals surface area contributed by atoms with Crippen molar-refractivity contribution in [3.8, 4) is 11.3 Å². The van der Waals surface area contributed by atoms with Crippen LogP contribution in [0.2, 0.25) is 0 Å². The third kappa shape index (κ3) is 3.01. The van der Waals surface area contributed by atoms with Crippen LogP contribution in [-0.4, -0.2) is 21.7 Å². The number of hydrogen-bond acceptors (Lipinski definition) is 3. The van der Waals surface area contributed by atoms with Gasteiger partial charge < -0.3 is 5.32 Å². The minimum absolute atomic E-state index is 0.869. The second kappa shape index (κ2) is 5.97. The molecule has 0 aliphatic heterocycles. The molecule has 1 aliphatic carbocycles. The number of hydrogen-bond donors (Lipinski definition) is 2. The van der Waals surface area contributed by atoms with Crippen LogP contribution in [0, 0.1) is 5.92 Å². The van der Waals surface area contributed by atoms with Crippen molar-refractivity contribution in [2.24, 2.45) is 5.92 Å². The predicted octanol–water partition coefficient (Wildman–Crippen LogP) is 2.75. The molecule has 3 rings (SSSR count). The summed E-state index contributed by atoms with van der Waals surface area (Å²) in [5, 5.41) is 10.8. The lowest BCUT2D eigenvalue weighted by Gasteiger charge is -2.10. The molecular weight excluding hydrogens is 236 g/mol. The standard InChI is InChI=1S/C15H20N4/c1-2-5-12(4-1)8-17-10-14-11-18-19-15(14)13-6-3-7-16-9-13/h3,6-7,9,11-12,17H,1-2,4-5,8,10H2,(H,18,19). The van der Waals surface area contributed by atoms with Gasteiger partial charge in [-0.15, -0.1) is 0 Å². The molecule has 4 heteroatoms. The largest absolute Gasteiger partial charge is 0.312 e. The summed E-state index contributed by atoms with van der Waals surface area (Å²) in [5.74, 6) is 0.869. The number of pyridine rings is 1. The molecule has 1 saturated carbocycles. The van der Waals surface area contributed by atoms with E-state index < -0.39 is 0 Å². The van der Waals surface area contributed by atoms with E-state index in [2.05, 4.69) is 26.6 Å². The molecule has 0 radical (unpaired) electrons. The molecule has 0 atom stereocenters. The van der Waals surface area contributed by atoms with Gasteiger partial charge >= 0.3 is 0 Å². The van der Waals surface area contributed by atoms with E-state index in [1.807, 2.05) is 18.5 Å².